The normalized spacial score (nSPS) is 9.77. The average Bonchev–Trinajstić information content (AvgIpc) is 2.40. The molecule has 0 spiro atoms. The standard InChI is InChI=1S/C8H9BrN2O2/c1-4-5-10-7(9)6(11(5)2)8(12)13-3/h4H,1H2,2-3H3. The lowest BCUT2D eigenvalue weighted by Gasteiger charge is -2.00. The van der Waals surface area contributed by atoms with Crippen molar-refractivity contribution < 1.29 is 9.53 Å². The van der Waals surface area contributed by atoms with Gasteiger partial charge >= 0.3 is 5.97 Å². The molecule has 0 aliphatic heterocycles. The van der Waals surface area contributed by atoms with Gasteiger partial charge in [0, 0.05) is 7.05 Å². The maximum Gasteiger partial charge on any atom is 0.357 e. The van der Waals surface area contributed by atoms with Crippen LogP contribution in [0, 0.1) is 0 Å². The van der Waals surface area contributed by atoms with Crippen LogP contribution in [0.4, 0.5) is 0 Å². The average molecular weight is 245 g/mol. The number of hydrogen-bond acceptors (Lipinski definition) is 3. The van der Waals surface area contributed by atoms with Crippen molar-refractivity contribution in [3.05, 3.63) is 22.7 Å². The third-order valence-electron chi connectivity index (χ3n) is 1.65. The van der Waals surface area contributed by atoms with E-state index in [1.165, 1.54) is 7.11 Å². The van der Waals surface area contributed by atoms with Gasteiger partial charge in [-0.05, 0) is 22.0 Å². The largest absolute Gasteiger partial charge is 0.464 e. The molecule has 0 saturated heterocycles. The minimum absolute atomic E-state index is 0.386. The number of esters is 1. The zero-order chi connectivity index (χ0) is 10.0. The van der Waals surface area contributed by atoms with Crippen LogP contribution in [0.25, 0.3) is 6.08 Å². The molecule has 1 heterocycles. The Balaban J connectivity index is 3.28. The van der Waals surface area contributed by atoms with Crippen molar-refractivity contribution in [2.45, 2.75) is 0 Å². The topological polar surface area (TPSA) is 44.1 Å². The molecule has 1 aromatic heterocycles. The van der Waals surface area contributed by atoms with Crippen LogP contribution in [0.5, 0.6) is 0 Å². The van der Waals surface area contributed by atoms with Crippen molar-refractivity contribution in [3.8, 4) is 0 Å². The third-order valence-corrected chi connectivity index (χ3v) is 2.20. The van der Waals surface area contributed by atoms with E-state index in [0.717, 1.165) is 0 Å². The molecule has 0 amide bonds. The van der Waals surface area contributed by atoms with Crippen molar-refractivity contribution in [1.82, 2.24) is 9.55 Å². The van der Waals surface area contributed by atoms with Gasteiger partial charge in [-0.2, -0.15) is 0 Å². The van der Waals surface area contributed by atoms with Crippen LogP contribution >= 0.6 is 15.9 Å². The summed E-state index contributed by atoms with van der Waals surface area (Å²) in [6.07, 6.45) is 1.57. The molecule has 0 aliphatic rings. The molecule has 0 bridgehead atoms. The number of rotatable bonds is 2. The molecule has 4 nitrogen and oxygen atoms in total. The molecule has 0 unspecified atom stereocenters. The van der Waals surface area contributed by atoms with Crippen LogP contribution in [-0.2, 0) is 11.8 Å². The predicted octanol–water partition coefficient (Wildman–Crippen LogP) is 1.61. The van der Waals surface area contributed by atoms with E-state index in [9.17, 15) is 4.79 Å². The van der Waals surface area contributed by atoms with E-state index in [0.29, 0.717) is 16.1 Å². The number of carbonyl (C=O) groups is 1. The molecule has 13 heavy (non-hydrogen) atoms. The second-order valence-electron chi connectivity index (χ2n) is 2.36. The molecule has 70 valence electrons. The molecular formula is C8H9BrN2O2. The van der Waals surface area contributed by atoms with Gasteiger partial charge in [-0.15, -0.1) is 0 Å². The quantitative estimate of drug-likeness (QED) is 0.743. The number of methoxy groups -OCH3 is 1. The Kier molecular flexibility index (Phi) is 2.87. The van der Waals surface area contributed by atoms with Gasteiger partial charge < -0.3 is 9.30 Å². The Hall–Kier alpha value is -1.10. The first-order valence-electron chi connectivity index (χ1n) is 3.54. The third kappa shape index (κ3) is 1.65. The molecule has 0 radical (unpaired) electrons. The summed E-state index contributed by atoms with van der Waals surface area (Å²) < 4.78 is 6.67. The Morgan fingerprint density at radius 2 is 2.38 bits per heavy atom. The summed E-state index contributed by atoms with van der Waals surface area (Å²) in [7, 11) is 3.05. The first kappa shape index (κ1) is 9.98. The molecule has 0 aromatic carbocycles. The lowest BCUT2D eigenvalue weighted by molar-refractivity contribution is 0.0588. The van der Waals surface area contributed by atoms with Crippen LogP contribution in [0.15, 0.2) is 11.2 Å². The minimum atomic E-state index is -0.421. The minimum Gasteiger partial charge on any atom is -0.464 e. The summed E-state index contributed by atoms with van der Waals surface area (Å²) in [6.45, 7) is 3.58. The number of nitrogens with zero attached hydrogens (tertiary/aromatic N) is 2. The zero-order valence-corrected chi connectivity index (χ0v) is 8.96. The molecule has 0 aliphatic carbocycles. The molecule has 1 rings (SSSR count). The highest BCUT2D eigenvalue weighted by molar-refractivity contribution is 9.10. The van der Waals surface area contributed by atoms with Gasteiger partial charge in [0.05, 0.1) is 7.11 Å². The fraction of sp³-hybridized carbons (Fsp3) is 0.250. The predicted molar refractivity (Wildman–Crippen MR) is 52.3 cm³/mol. The highest BCUT2D eigenvalue weighted by Crippen LogP contribution is 2.18. The molecule has 5 heteroatoms. The Bertz CT molecular complexity index is 357. The number of halogens is 1. The second kappa shape index (κ2) is 3.74. The fourth-order valence-electron chi connectivity index (χ4n) is 0.982. The lowest BCUT2D eigenvalue weighted by Crippen LogP contribution is -2.08. The van der Waals surface area contributed by atoms with Crippen molar-refractivity contribution in [3.63, 3.8) is 0 Å². The van der Waals surface area contributed by atoms with Crippen LogP contribution < -0.4 is 0 Å². The monoisotopic (exact) mass is 244 g/mol. The summed E-state index contributed by atoms with van der Waals surface area (Å²) in [5, 5.41) is 0. The van der Waals surface area contributed by atoms with E-state index in [4.69, 9.17) is 0 Å². The van der Waals surface area contributed by atoms with Gasteiger partial charge in [0.15, 0.2) is 5.69 Å². The molecule has 0 saturated carbocycles. The molecule has 0 fully saturated rings. The number of hydrogen-bond donors (Lipinski definition) is 0. The van der Waals surface area contributed by atoms with Crippen molar-refractivity contribution in [2.24, 2.45) is 7.05 Å². The molecule has 0 N–H and O–H groups in total. The van der Waals surface area contributed by atoms with Crippen LogP contribution in [0.2, 0.25) is 0 Å². The number of ether oxygens (including phenoxy) is 1. The van der Waals surface area contributed by atoms with Gasteiger partial charge in [0.1, 0.15) is 10.4 Å². The Morgan fingerprint density at radius 1 is 1.77 bits per heavy atom. The van der Waals surface area contributed by atoms with E-state index in [1.54, 1.807) is 17.7 Å². The molecular weight excluding hydrogens is 236 g/mol. The molecule has 0 atom stereocenters. The summed E-state index contributed by atoms with van der Waals surface area (Å²) >= 11 is 3.17. The van der Waals surface area contributed by atoms with Gasteiger partial charge in [-0.1, -0.05) is 6.58 Å². The SMILES string of the molecule is C=Cc1nc(Br)c(C(=O)OC)n1C. The maximum absolute atomic E-state index is 11.2. The van der Waals surface area contributed by atoms with Crippen molar-refractivity contribution in [2.75, 3.05) is 7.11 Å². The van der Waals surface area contributed by atoms with Gasteiger partial charge in [0.2, 0.25) is 0 Å². The highest BCUT2D eigenvalue weighted by Gasteiger charge is 2.18. The summed E-state index contributed by atoms with van der Waals surface area (Å²) in [4.78, 5) is 15.3. The van der Waals surface area contributed by atoms with Crippen LogP contribution in [0.3, 0.4) is 0 Å². The van der Waals surface area contributed by atoms with Crippen LogP contribution in [0.1, 0.15) is 16.3 Å². The van der Waals surface area contributed by atoms with E-state index in [2.05, 4.69) is 32.2 Å². The number of carbonyl (C=O) groups excluding carboxylic acids is 1. The van der Waals surface area contributed by atoms with Crippen molar-refractivity contribution >= 4 is 28.0 Å². The van der Waals surface area contributed by atoms with Crippen molar-refractivity contribution in [1.29, 1.82) is 0 Å². The lowest BCUT2D eigenvalue weighted by atomic mass is 10.5. The summed E-state index contributed by atoms with van der Waals surface area (Å²) in [6, 6.07) is 0. The number of imidazole rings is 1. The van der Waals surface area contributed by atoms with Gasteiger partial charge in [-0.25, -0.2) is 9.78 Å². The highest BCUT2D eigenvalue weighted by atomic mass is 79.9. The number of aromatic nitrogens is 2. The first-order valence-corrected chi connectivity index (χ1v) is 4.34. The maximum atomic E-state index is 11.2. The first-order chi connectivity index (χ1) is 6.11. The fourth-order valence-corrected chi connectivity index (χ4v) is 1.59. The van der Waals surface area contributed by atoms with Crippen LogP contribution in [-0.4, -0.2) is 22.6 Å². The van der Waals surface area contributed by atoms with Gasteiger partial charge in [-0.3, -0.25) is 0 Å². The smallest absolute Gasteiger partial charge is 0.357 e. The van der Waals surface area contributed by atoms with Gasteiger partial charge in [0.25, 0.3) is 0 Å². The second-order valence-corrected chi connectivity index (χ2v) is 3.12. The Labute approximate surface area is 84.3 Å². The molecule has 1 aromatic rings. The van der Waals surface area contributed by atoms with E-state index in [1.807, 2.05) is 0 Å². The summed E-state index contributed by atoms with van der Waals surface area (Å²) in [5.41, 5.74) is 0.386. The van der Waals surface area contributed by atoms with E-state index in [-0.39, 0.29) is 0 Å². The zero-order valence-electron chi connectivity index (χ0n) is 7.37. The van der Waals surface area contributed by atoms with E-state index >= 15 is 0 Å². The van der Waals surface area contributed by atoms with E-state index < -0.39 is 5.97 Å². The summed E-state index contributed by atoms with van der Waals surface area (Å²) in [5.74, 6) is 0.197. The Morgan fingerprint density at radius 3 is 2.77 bits per heavy atom.